The van der Waals surface area contributed by atoms with Gasteiger partial charge in [0.2, 0.25) is 0 Å². The lowest BCUT2D eigenvalue weighted by Gasteiger charge is -2.17. The summed E-state index contributed by atoms with van der Waals surface area (Å²) in [5.41, 5.74) is 3.30. The largest absolute Gasteiger partial charge is 0.494 e. The van der Waals surface area contributed by atoms with Gasteiger partial charge < -0.3 is 25.0 Å². The zero-order chi connectivity index (χ0) is 30.2. The molecule has 0 saturated carbocycles. The number of fused-ring (bicyclic) bond motifs is 1. The molecule has 0 fully saturated rings. The van der Waals surface area contributed by atoms with Crippen LogP contribution >= 0.6 is 11.3 Å². The second kappa shape index (κ2) is 14.0. The fourth-order valence-electron chi connectivity index (χ4n) is 4.77. The van der Waals surface area contributed by atoms with E-state index in [-0.39, 0.29) is 17.6 Å². The smallest absolute Gasteiger partial charge is 0.265 e. The Morgan fingerprint density at radius 2 is 1.79 bits per heavy atom. The summed E-state index contributed by atoms with van der Waals surface area (Å²) in [5.74, 6) is 0.340. The predicted octanol–water partition coefficient (Wildman–Crippen LogP) is 7.28. The maximum absolute atomic E-state index is 13.3. The van der Waals surface area contributed by atoms with E-state index in [1.807, 2.05) is 35.7 Å². The van der Waals surface area contributed by atoms with E-state index in [0.29, 0.717) is 39.4 Å². The van der Waals surface area contributed by atoms with Gasteiger partial charge in [-0.15, -0.1) is 11.3 Å². The molecule has 3 N–H and O–H groups in total. The monoisotopic (exact) mass is 594 g/mol. The molecule has 0 radical (unpaired) electrons. The second-order valence-electron chi connectivity index (χ2n) is 9.97. The van der Waals surface area contributed by atoms with Gasteiger partial charge in [-0.3, -0.25) is 14.6 Å². The first-order valence-corrected chi connectivity index (χ1v) is 15.2. The highest BCUT2D eigenvalue weighted by Gasteiger charge is 2.15. The van der Waals surface area contributed by atoms with E-state index >= 15 is 0 Å². The molecule has 220 valence electrons. The van der Waals surface area contributed by atoms with E-state index in [1.165, 1.54) is 11.3 Å². The first-order valence-electron chi connectivity index (χ1n) is 14.3. The zero-order valence-corrected chi connectivity index (χ0v) is 25.0. The van der Waals surface area contributed by atoms with Gasteiger partial charge in [0, 0.05) is 40.5 Å². The molecule has 0 saturated heterocycles. The summed E-state index contributed by atoms with van der Waals surface area (Å²) in [6.45, 7) is 8.09. The number of aromatic nitrogens is 1. The standard InChI is InChI=1S/C34H34N4O4S/c1-3-38(4-2)17-7-18-42-27-14-12-25(13-15-27)35-22-29-28-16-11-24(21-30(28)37-33(29)40)32(39)23-8-5-9-26(20-23)36-34(41)31-10-6-19-43-31/h5-6,8-16,19-22,37,40H,3-4,7,17-18H2,1-2H3,(H,36,41). The van der Waals surface area contributed by atoms with Crippen LogP contribution in [0.3, 0.4) is 0 Å². The third-order valence-electron chi connectivity index (χ3n) is 7.17. The average Bonchev–Trinajstić information content (AvgIpc) is 3.68. The number of aliphatic imine (C=N–C) groups is 1. The Morgan fingerprint density at radius 3 is 2.53 bits per heavy atom. The van der Waals surface area contributed by atoms with E-state index in [0.717, 1.165) is 42.9 Å². The Balaban J connectivity index is 1.24. The number of aromatic hydroxyl groups is 1. The lowest BCUT2D eigenvalue weighted by atomic mass is 10.0. The molecule has 5 rings (SSSR count). The van der Waals surface area contributed by atoms with E-state index in [9.17, 15) is 14.7 Å². The van der Waals surface area contributed by atoms with Crippen molar-refractivity contribution in [1.29, 1.82) is 0 Å². The number of benzene rings is 3. The first kappa shape index (κ1) is 29.8. The van der Waals surface area contributed by atoms with Crippen LogP contribution < -0.4 is 10.1 Å². The van der Waals surface area contributed by atoms with Crippen LogP contribution in [0, 0.1) is 0 Å². The van der Waals surface area contributed by atoms with Crippen molar-refractivity contribution in [1.82, 2.24) is 9.88 Å². The number of rotatable bonds is 13. The van der Waals surface area contributed by atoms with Gasteiger partial charge in [0.05, 0.1) is 22.7 Å². The summed E-state index contributed by atoms with van der Waals surface area (Å²) in [4.78, 5) is 36.2. The topological polar surface area (TPSA) is 107 Å². The molecule has 0 unspecified atom stereocenters. The number of aromatic amines is 1. The van der Waals surface area contributed by atoms with Gasteiger partial charge in [0.15, 0.2) is 11.7 Å². The highest BCUT2D eigenvalue weighted by molar-refractivity contribution is 7.12. The summed E-state index contributed by atoms with van der Waals surface area (Å²) in [5, 5.41) is 16.0. The van der Waals surface area contributed by atoms with Gasteiger partial charge in [-0.05, 0) is 73.4 Å². The number of anilines is 1. The highest BCUT2D eigenvalue weighted by atomic mass is 32.1. The van der Waals surface area contributed by atoms with E-state index in [4.69, 9.17) is 4.74 Å². The molecule has 0 aliphatic carbocycles. The zero-order valence-electron chi connectivity index (χ0n) is 24.2. The molecule has 0 bridgehead atoms. The minimum Gasteiger partial charge on any atom is -0.494 e. The number of carbonyl (C=O) groups excluding carboxylic acids is 2. The highest BCUT2D eigenvalue weighted by Crippen LogP contribution is 2.29. The molecule has 2 heterocycles. The van der Waals surface area contributed by atoms with Crippen LogP contribution in [0.5, 0.6) is 11.6 Å². The third-order valence-corrected chi connectivity index (χ3v) is 8.04. The van der Waals surface area contributed by atoms with Crippen LogP contribution in [0.1, 0.15) is 51.4 Å². The number of hydrogen-bond acceptors (Lipinski definition) is 7. The van der Waals surface area contributed by atoms with Crippen molar-refractivity contribution < 1.29 is 19.4 Å². The number of hydrogen-bond donors (Lipinski definition) is 3. The maximum Gasteiger partial charge on any atom is 0.265 e. The summed E-state index contributed by atoms with van der Waals surface area (Å²) < 4.78 is 5.86. The van der Waals surface area contributed by atoms with E-state index < -0.39 is 0 Å². The molecule has 0 aliphatic rings. The van der Waals surface area contributed by atoms with Crippen molar-refractivity contribution in [2.24, 2.45) is 4.99 Å². The van der Waals surface area contributed by atoms with Crippen LogP contribution in [0.15, 0.2) is 89.2 Å². The molecule has 8 nitrogen and oxygen atoms in total. The van der Waals surface area contributed by atoms with E-state index in [2.05, 4.69) is 34.0 Å². The minimum atomic E-state index is -0.220. The van der Waals surface area contributed by atoms with Gasteiger partial charge in [-0.2, -0.15) is 0 Å². The summed E-state index contributed by atoms with van der Waals surface area (Å²) in [6.07, 6.45) is 2.57. The van der Waals surface area contributed by atoms with Crippen molar-refractivity contribution in [3.63, 3.8) is 0 Å². The van der Waals surface area contributed by atoms with Crippen molar-refractivity contribution in [3.8, 4) is 11.6 Å². The number of carbonyl (C=O) groups is 2. The number of thiophene rings is 1. The van der Waals surface area contributed by atoms with E-state index in [1.54, 1.807) is 54.7 Å². The number of nitrogens with one attached hydrogen (secondary N) is 2. The molecular formula is C34H34N4O4S. The number of nitrogens with zero attached hydrogens (tertiary/aromatic N) is 2. The van der Waals surface area contributed by atoms with Crippen LogP contribution in [-0.4, -0.2) is 59.1 Å². The summed E-state index contributed by atoms with van der Waals surface area (Å²) >= 11 is 1.35. The molecule has 43 heavy (non-hydrogen) atoms. The summed E-state index contributed by atoms with van der Waals surface area (Å²) in [7, 11) is 0. The normalized spacial score (nSPS) is 11.4. The molecule has 3 aromatic carbocycles. The lowest BCUT2D eigenvalue weighted by Crippen LogP contribution is -2.25. The molecule has 1 amide bonds. The molecule has 0 atom stereocenters. The third kappa shape index (κ3) is 7.38. The average molecular weight is 595 g/mol. The van der Waals surface area contributed by atoms with Gasteiger partial charge in [0.1, 0.15) is 5.75 Å². The van der Waals surface area contributed by atoms with Crippen LogP contribution in [0.25, 0.3) is 10.9 Å². The van der Waals surface area contributed by atoms with Crippen molar-refractivity contribution in [2.75, 3.05) is 31.6 Å². The number of ketones is 1. The Hall–Kier alpha value is -4.73. The lowest BCUT2D eigenvalue weighted by molar-refractivity contribution is 0.102. The Kier molecular flexibility index (Phi) is 9.66. The van der Waals surface area contributed by atoms with Crippen LogP contribution in [0.2, 0.25) is 0 Å². The van der Waals surface area contributed by atoms with Gasteiger partial charge in [-0.1, -0.05) is 44.2 Å². The quantitative estimate of drug-likeness (QED) is 0.0755. The summed E-state index contributed by atoms with van der Waals surface area (Å²) in [6, 6.07) is 23.1. The van der Waals surface area contributed by atoms with Crippen LogP contribution in [-0.2, 0) is 0 Å². The van der Waals surface area contributed by atoms with Gasteiger partial charge in [0.25, 0.3) is 5.91 Å². The van der Waals surface area contributed by atoms with Crippen molar-refractivity contribution in [3.05, 3.63) is 106 Å². The predicted molar refractivity (Wildman–Crippen MR) is 174 cm³/mol. The molecular weight excluding hydrogens is 560 g/mol. The molecule has 5 aromatic rings. The van der Waals surface area contributed by atoms with Crippen molar-refractivity contribution in [2.45, 2.75) is 20.3 Å². The Labute approximate surface area is 254 Å². The first-order chi connectivity index (χ1) is 20.9. The Morgan fingerprint density at radius 1 is 1.00 bits per heavy atom. The Bertz CT molecular complexity index is 1720. The fourth-order valence-corrected chi connectivity index (χ4v) is 5.39. The minimum absolute atomic E-state index is 0.0326. The number of ether oxygens (including phenoxy) is 1. The van der Waals surface area contributed by atoms with Gasteiger partial charge in [-0.25, -0.2) is 0 Å². The van der Waals surface area contributed by atoms with Crippen molar-refractivity contribution >= 4 is 51.5 Å². The maximum atomic E-state index is 13.3. The number of H-pyrrole nitrogens is 1. The molecule has 2 aromatic heterocycles. The SMILES string of the molecule is CCN(CC)CCCOc1ccc(N=Cc2c(O)[nH]c3cc(C(=O)c4cccc(NC(=O)c5cccs5)c4)ccc23)cc1. The van der Waals surface area contributed by atoms with Crippen LogP contribution in [0.4, 0.5) is 11.4 Å². The van der Waals surface area contributed by atoms with Gasteiger partial charge >= 0.3 is 0 Å². The molecule has 0 spiro atoms. The fraction of sp³-hybridized carbons (Fsp3) is 0.206. The molecule has 9 heteroatoms. The molecule has 0 aliphatic heterocycles. The number of amides is 1. The second-order valence-corrected chi connectivity index (χ2v) is 10.9.